The van der Waals surface area contributed by atoms with Crippen LogP contribution in [0.15, 0.2) is 36.5 Å². The Morgan fingerprint density at radius 3 is 2.74 bits per heavy atom. The number of hydrogen-bond acceptors (Lipinski definition) is 3. The van der Waals surface area contributed by atoms with Gasteiger partial charge in [0.25, 0.3) is 0 Å². The maximum absolute atomic E-state index is 5.58. The minimum absolute atomic E-state index is 0.393. The molecule has 0 unspecified atom stereocenters. The van der Waals surface area contributed by atoms with Crippen LogP contribution in [0.5, 0.6) is 5.75 Å². The van der Waals surface area contributed by atoms with Gasteiger partial charge < -0.3 is 10.1 Å². The first-order valence-electron chi connectivity index (χ1n) is 6.70. The van der Waals surface area contributed by atoms with Crippen LogP contribution in [0.25, 0.3) is 0 Å². The SMILES string of the molecule is CCOc1ccccc1NCc1ccn(C(C)C)n1. The van der Waals surface area contributed by atoms with Crippen LogP contribution in [0.2, 0.25) is 0 Å². The van der Waals surface area contributed by atoms with E-state index < -0.39 is 0 Å². The highest BCUT2D eigenvalue weighted by molar-refractivity contribution is 5.56. The van der Waals surface area contributed by atoms with Gasteiger partial charge in [0.2, 0.25) is 0 Å². The predicted octanol–water partition coefficient (Wildman–Crippen LogP) is 3.47. The molecule has 102 valence electrons. The van der Waals surface area contributed by atoms with Gasteiger partial charge in [-0.05, 0) is 39.0 Å². The number of nitrogens with zero attached hydrogens (tertiary/aromatic N) is 2. The minimum Gasteiger partial charge on any atom is -0.492 e. The molecule has 1 aromatic heterocycles. The molecule has 0 aliphatic heterocycles. The Labute approximate surface area is 114 Å². The van der Waals surface area contributed by atoms with Crippen molar-refractivity contribution in [1.29, 1.82) is 0 Å². The third kappa shape index (κ3) is 3.50. The van der Waals surface area contributed by atoms with Gasteiger partial charge in [0.1, 0.15) is 5.75 Å². The topological polar surface area (TPSA) is 39.1 Å². The van der Waals surface area contributed by atoms with Gasteiger partial charge in [0.15, 0.2) is 0 Å². The van der Waals surface area contributed by atoms with Crippen molar-refractivity contribution in [3.8, 4) is 5.75 Å². The number of hydrogen-bond donors (Lipinski definition) is 1. The van der Waals surface area contributed by atoms with Gasteiger partial charge in [-0.1, -0.05) is 12.1 Å². The highest BCUT2D eigenvalue weighted by Crippen LogP contribution is 2.24. The number of anilines is 1. The molecule has 0 spiro atoms. The zero-order chi connectivity index (χ0) is 13.7. The van der Waals surface area contributed by atoms with Crippen LogP contribution in [-0.4, -0.2) is 16.4 Å². The fourth-order valence-electron chi connectivity index (χ4n) is 1.84. The van der Waals surface area contributed by atoms with Crippen molar-refractivity contribution < 1.29 is 4.74 Å². The lowest BCUT2D eigenvalue weighted by Crippen LogP contribution is -2.05. The number of rotatable bonds is 6. The number of benzene rings is 1. The Kier molecular flexibility index (Phi) is 4.44. The summed E-state index contributed by atoms with van der Waals surface area (Å²) in [6.45, 7) is 7.59. The number of aromatic nitrogens is 2. The van der Waals surface area contributed by atoms with E-state index in [2.05, 4.69) is 24.3 Å². The average Bonchev–Trinajstić information content (AvgIpc) is 2.87. The van der Waals surface area contributed by atoms with Crippen LogP contribution in [0.4, 0.5) is 5.69 Å². The van der Waals surface area contributed by atoms with E-state index in [1.165, 1.54) is 0 Å². The Balaban J connectivity index is 2.01. The highest BCUT2D eigenvalue weighted by Gasteiger charge is 2.04. The van der Waals surface area contributed by atoms with E-state index in [0.717, 1.165) is 17.1 Å². The second-order valence-corrected chi connectivity index (χ2v) is 4.66. The molecule has 0 atom stereocenters. The van der Waals surface area contributed by atoms with Crippen LogP contribution < -0.4 is 10.1 Å². The molecule has 19 heavy (non-hydrogen) atoms. The molecule has 0 saturated heterocycles. The van der Waals surface area contributed by atoms with Crippen molar-refractivity contribution >= 4 is 5.69 Å². The van der Waals surface area contributed by atoms with E-state index in [9.17, 15) is 0 Å². The quantitative estimate of drug-likeness (QED) is 0.863. The van der Waals surface area contributed by atoms with E-state index in [-0.39, 0.29) is 0 Å². The molecule has 4 heteroatoms. The molecular weight excluding hydrogens is 238 g/mol. The lowest BCUT2D eigenvalue weighted by molar-refractivity contribution is 0.341. The molecule has 0 amide bonds. The molecular formula is C15H21N3O. The van der Waals surface area contributed by atoms with Crippen molar-refractivity contribution in [1.82, 2.24) is 9.78 Å². The maximum atomic E-state index is 5.58. The van der Waals surface area contributed by atoms with Crippen molar-refractivity contribution in [2.75, 3.05) is 11.9 Å². The zero-order valence-corrected chi connectivity index (χ0v) is 11.8. The van der Waals surface area contributed by atoms with Crippen LogP contribution in [0, 0.1) is 0 Å². The van der Waals surface area contributed by atoms with E-state index in [1.807, 2.05) is 48.1 Å². The third-order valence-electron chi connectivity index (χ3n) is 2.84. The fraction of sp³-hybridized carbons (Fsp3) is 0.400. The molecule has 0 aliphatic rings. The molecule has 1 N–H and O–H groups in total. The Hall–Kier alpha value is -1.97. The van der Waals surface area contributed by atoms with Crippen LogP contribution in [0.3, 0.4) is 0 Å². The van der Waals surface area contributed by atoms with Gasteiger partial charge in [-0.2, -0.15) is 5.10 Å². The lowest BCUT2D eigenvalue weighted by Gasteiger charge is -2.11. The largest absolute Gasteiger partial charge is 0.492 e. The maximum Gasteiger partial charge on any atom is 0.142 e. The normalized spacial score (nSPS) is 10.7. The second kappa shape index (κ2) is 6.27. The molecule has 0 saturated carbocycles. The minimum atomic E-state index is 0.393. The Morgan fingerprint density at radius 1 is 1.26 bits per heavy atom. The van der Waals surface area contributed by atoms with Crippen molar-refractivity contribution in [3.05, 3.63) is 42.2 Å². The van der Waals surface area contributed by atoms with Gasteiger partial charge in [-0.25, -0.2) is 0 Å². The van der Waals surface area contributed by atoms with Gasteiger partial charge in [0.05, 0.1) is 24.5 Å². The predicted molar refractivity (Wildman–Crippen MR) is 77.5 cm³/mol. The van der Waals surface area contributed by atoms with E-state index >= 15 is 0 Å². The first-order chi connectivity index (χ1) is 9.20. The molecule has 1 heterocycles. The summed E-state index contributed by atoms with van der Waals surface area (Å²) in [6.07, 6.45) is 2.01. The standard InChI is InChI=1S/C15H21N3O/c1-4-19-15-8-6-5-7-14(15)16-11-13-9-10-18(17-13)12(2)3/h5-10,12,16H,4,11H2,1-3H3. The van der Waals surface area contributed by atoms with E-state index in [1.54, 1.807) is 0 Å². The summed E-state index contributed by atoms with van der Waals surface area (Å²) in [6, 6.07) is 10.4. The molecule has 4 nitrogen and oxygen atoms in total. The number of nitrogens with one attached hydrogen (secondary N) is 1. The summed E-state index contributed by atoms with van der Waals surface area (Å²) in [7, 11) is 0. The molecule has 0 radical (unpaired) electrons. The van der Waals surface area contributed by atoms with Crippen molar-refractivity contribution in [3.63, 3.8) is 0 Å². The monoisotopic (exact) mass is 259 g/mol. The van der Waals surface area contributed by atoms with Gasteiger partial charge >= 0.3 is 0 Å². The van der Waals surface area contributed by atoms with Crippen molar-refractivity contribution in [2.45, 2.75) is 33.4 Å². The number of ether oxygens (including phenoxy) is 1. The highest BCUT2D eigenvalue weighted by atomic mass is 16.5. The smallest absolute Gasteiger partial charge is 0.142 e. The Morgan fingerprint density at radius 2 is 2.05 bits per heavy atom. The summed E-state index contributed by atoms with van der Waals surface area (Å²) < 4.78 is 7.54. The summed E-state index contributed by atoms with van der Waals surface area (Å²) in [5.41, 5.74) is 2.03. The van der Waals surface area contributed by atoms with Crippen LogP contribution in [-0.2, 0) is 6.54 Å². The molecule has 0 fully saturated rings. The average molecular weight is 259 g/mol. The van der Waals surface area contributed by atoms with Gasteiger partial charge in [0, 0.05) is 12.2 Å². The van der Waals surface area contributed by atoms with E-state index in [0.29, 0.717) is 19.2 Å². The summed E-state index contributed by atoms with van der Waals surface area (Å²) in [4.78, 5) is 0. The molecule has 2 rings (SSSR count). The number of para-hydroxylation sites is 2. The van der Waals surface area contributed by atoms with Crippen LogP contribution >= 0.6 is 0 Å². The first kappa shape index (κ1) is 13.5. The van der Waals surface area contributed by atoms with Gasteiger partial charge in [-0.15, -0.1) is 0 Å². The summed E-state index contributed by atoms with van der Waals surface area (Å²) in [5.74, 6) is 0.883. The van der Waals surface area contributed by atoms with Crippen LogP contribution in [0.1, 0.15) is 32.5 Å². The molecule has 1 aromatic carbocycles. The Bertz CT molecular complexity index is 520. The fourth-order valence-corrected chi connectivity index (χ4v) is 1.84. The van der Waals surface area contributed by atoms with Gasteiger partial charge in [-0.3, -0.25) is 4.68 Å². The molecule has 0 bridgehead atoms. The second-order valence-electron chi connectivity index (χ2n) is 4.66. The zero-order valence-electron chi connectivity index (χ0n) is 11.8. The molecule has 2 aromatic rings. The summed E-state index contributed by atoms with van der Waals surface area (Å²) in [5, 5.41) is 7.88. The van der Waals surface area contributed by atoms with E-state index in [4.69, 9.17) is 4.74 Å². The third-order valence-corrected chi connectivity index (χ3v) is 2.84. The molecule has 0 aliphatic carbocycles. The van der Waals surface area contributed by atoms with Crippen molar-refractivity contribution in [2.24, 2.45) is 0 Å². The lowest BCUT2D eigenvalue weighted by atomic mass is 10.3. The first-order valence-corrected chi connectivity index (χ1v) is 6.70. The summed E-state index contributed by atoms with van der Waals surface area (Å²) >= 11 is 0.